The number of anilines is 1. The topological polar surface area (TPSA) is 79.5 Å². The molecule has 0 fully saturated rings. The van der Waals surface area contributed by atoms with Gasteiger partial charge in [0.2, 0.25) is 5.91 Å². The van der Waals surface area contributed by atoms with Gasteiger partial charge in [0.25, 0.3) is 5.91 Å². The van der Waals surface area contributed by atoms with Crippen molar-refractivity contribution in [2.45, 2.75) is 25.3 Å². The number of aryl methyl sites for hydroxylation is 1. The highest BCUT2D eigenvalue weighted by Gasteiger charge is 2.21. The van der Waals surface area contributed by atoms with E-state index in [0.29, 0.717) is 29.4 Å². The summed E-state index contributed by atoms with van der Waals surface area (Å²) in [6.07, 6.45) is 3.07. The Kier molecular flexibility index (Phi) is 7.49. The SMILES string of the molecule is COCCNC(=O)c1ccc(NCC(=O)NC2CCCc3ccccc32)cc1Cl. The number of hydrogen-bond acceptors (Lipinski definition) is 4. The smallest absolute Gasteiger partial charge is 0.252 e. The molecule has 29 heavy (non-hydrogen) atoms. The molecule has 0 radical (unpaired) electrons. The molecular formula is C22H26ClN3O3. The fourth-order valence-electron chi connectivity index (χ4n) is 3.50. The number of carbonyl (C=O) groups excluding carboxylic acids is 2. The summed E-state index contributed by atoms with van der Waals surface area (Å²) in [5.74, 6) is -0.337. The second-order valence-corrected chi connectivity index (χ2v) is 7.42. The Labute approximate surface area is 176 Å². The van der Waals surface area contributed by atoms with Crippen LogP contribution in [0.5, 0.6) is 0 Å². The summed E-state index contributed by atoms with van der Waals surface area (Å²) in [4.78, 5) is 24.5. The maximum Gasteiger partial charge on any atom is 0.252 e. The van der Waals surface area contributed by atoms with Gasteiger partial charge in [-0.2, -0.15) is 0 Å². The van der Waals surface area contributed by atoms with E-state index in [2.05, 4.69) is 28.1 Å². The van der Waals surface area contributed by atoms with Gasteiger partial charge in [0.15, 0.2) is 0 Å². The highest BCUT2D eigenvalue weighted by atomic mass is 35.5. The van der Waals surface area contributed by atoms with Gasteiger partial charge < -0.3 is 20.7 Å². The highest BCUT2D eigenvalue weighted by molar-refractivity contribution is 6.34. The molecule has 0 spiro atoms. The molecule has 0 saturated heterocycles. The summed E-state index contributed by atoms with van der Waals surface area (Å²) in [7, 11) is 1.57. The maximum atomic E-state index is 12.4. The van der Waals surface area contributed by atoms with Gasteiger partial charge in [-0.05, 0) is 48.6 Å². The highest BCUT2D eigenvalue weighted by Crippen LogP contribution is 2.29. The van der Waals surface area contributed by atoms with E-state index >= 15 is 0 Å². The minimum atomic E-state index is -0.257. The predicted molar refractivity (Wildman–Crippen MR) is 114 cm³/mol. The summed E-state index contributed by atoms with van der Waals surface area (Å²) in [5, 5.41) is 9.23. The lowest BCUT2D eigenvalue weighted by atomic mass is 9.88. The lowest BCUT2D eigenvalue weighted by molar-refractivity contribution is -0.120. The van der Waals surface area contributed by atoms with Crippen LogP contribution in [-0.4, -0.2) is 38.6 Å². The molecule has 0 aliphatic heterocycles. The molecule has 0 aromatic heterocycles. The van der Waals surface area contributed by atoms with Crippen molar-refractivity contribution in [1.29, 1.82) is 0 Å². The first-order valence-corrected chi connectivity index (χ1v) is 10.1. The zero-order chi connectivity index (χ0) is 20.6. The normalized spacial score (nSPS) is 15.3. The zero-order valence-electron chi connectivity index (χ0n) is 16.5. The Balaban J connectivity index is 1.53. The molecule has 2 aromatic carbocycles. The molecule has 3 rings (SSSR count). The van der Waals surface area contributed by atoms with Crippen LogP contribution in [0.15, 0.2) is 42.5 Å². The van der Waals surface area contributed by atoms with Crippen molar-refractivity contribution in [2.24, 2.45) is 0 Å². The van der Waals surface area contributed by atoms with E-state index in [0.717, 1.165) is 19.3 Å². The van der Waals surface area contributed by atoms with Gasteiger partial charge in [0.05, 0.1) is 29.8 Å². The van der Waals surface area contributed by atoms with E-state index in [1.807, 2.05) is 12.1 Å². The van der Waals surface area contributed by atoms with Crippen LogP contribution in [0.1, 0.15) is 40.4 Å². The zero-order valence-corrected chi connectivity index (χ0v) is 17.2. The average Bonchev–Trinajstić information content (AvgIpc) is 2.73. The van der Waals surface area contributed by atoms with Crippen molar-refractivity contribution in [3.63, 3.8) is 0 Å². The Bertz CT molecular complexity index is 872. The largest absolute Gasteiger partial charge is 0.383 e. The van der Waals surface area contributed by atoms with E-state index in [1.54, 1.807) is 25.3 Å². The molecule has 0 saturated carbocycles. The first-order valence-electron chi connectivity index (χ1n) is 9.76. The summed E-state index contributed by atoms with van der Waals surface area (Å²) >= 11 is 6.23. The molecule has 1 atom stereocenters. The number of rotatable bonds is 8. The summed E-state index contributed by atoms with van der Waals surface area (Å²) in [6.45, 7) is 0.980. The van der Waals surface area contributed by atoms with Crippen LogP contribution < -0.4 is 16.0 Å². The molecule has 0 bridgehead atoms. The third-order valence-electron chi connectivity index (χ3n) is 4.96. The van der Waals surface area contributed by atoms with E-state index in [-0.39, 0.29) is 24.4 Å². The summed E-state index contributed by atoms with van der Waals surface area (Å²) in [5.41, 5.74) is 3.58. The Morgan fingerprint density at radius 2 is 2.03 bits per heavy atom. The number of nitrogens with one attached hydrogen (secondary N) is 3. The number of hydrogen-bond donors (Lipinski definition) is 3. The predicted octanol–water partition coefficient (Wildman–Crippen LogP) is 3.32. The van der Waals surface area contributed by atoms with Crippen molar-refractivity contribution in [3.05, 3.63) is 64.2 Å². The van der Waals surface area contributed by atoms with E-state index < -0.39 is 0 Å². The average molecular weight is 416 g/mol. The van der Waals surface area contributed by atoms with Crippen molar-refractivity contribution >= 4 is 29.1 Å². The number of fused-ring (bicyclic) bond motifs is 1. The second kappa shape index (κ2) is 10.3. The van der Waals surface area contributed by atoms with Crippen molar-refractivity contribution in [3.8, 4) is 0 Å². The minimum absolute atomic E-state index is 0.0519. The fraction of sp³-hybridized carbons (Fsp3) is 0.364. The summed E-state index contributed by atoms with van der Waals surface area (Å²) in [6, 6.07) is 13.3. The number of ether oxygens (including phenoxy) is 1. The lowest BCUT2D eigenvalue weighted by Gasteiger charge is -2.26. The third kappa shape index (κ3) is 5.71. The molecule has 3 N–H and O–H groups in total. The minimum Gasteiger partial charge on any atom is -0.383 e. The molecule has 1 aliphatic carbocycles. The molecule has 7 heteroatoms. The van der Waals surface area contributed by atoms with Crippen molar-refractivity contribution < 1.29 is 14.3 Å². The molecule has 1 unspecified atom stereocenters. The van der Waals surface area contributed by atoms with E-state index in [1.165, 1.54) is 11.1 Å². The van der Waals surface area contributed by atoms with Crippen molar-refractivity contribution in [1.82, 2.24) is 10.6 Å². The van der Waals surface area contributed by atoms with Gasteiger partial charge in [-0.1, -0.05) is 35.9 Å². The molecule has 1 aliphatic rings. The number of halogens is 1. The number of carbonyl (C=O) groups is 2. The van der Waals surface area contributed by atoms with Gasteiger partial charge in [0.1, 0.15) is 0 Å². The van der Waals surface area contributed by atoms with E-state index in [9.17, 15) is 9.59 Å². The molecule has 2 amide bonds. The van der Waals surface area contributed by atoms with Gasteiger partial charge in [-0.15, -0.1) is 0 Å². The standard InChI is InChI=1S/C22H26ClN3O3/c1-29-12-11-24-22(28)18-10-9-16(13-19(18)23)25-14-21(27)26-20-8-4-6-15-5-2-3-7-17(15)20/h2-3,5,7,9-10,13,20,25H,4,6,8,11-12,14H2,1H3,(H,24,28)(H,26,27). The van der Waals surface area contributed by atoms with Crippen LogP contribution in [0.2, 0.25) is 5.02 Å². The fourth-order valence-corrected chi connectivity index (χ4v) is 3.77. The number of methoxy groups -OCH3 is 1. The van der Waals surface area contributed by atoms with Crippen LogP contribution in [0.25, 0.3) is 0 Å². The van der Waals surface area contributed by atoms with E-state index in [4.69, 9.17) is 16.3 Å². The Morgan fingerprint density at radius 3 is 2.83 bits per heavy atom. The van der Waals surface area contributed by atoms with Gasteiger partial charge >= 0.3 is 0 Å². The number of amides is 2. The van der Waals surface area contributed by atoms with Gasteiger partial charge in [-0.25, -0.2) is 0 Å². The van der Waals surface area contributed by atoms with Crippen LogP contribution >= 0.6 is 11.6 Å². The molecular weight excluding hydrogens is 390 g/mol. The van der Waals surface area contributed by atoms with Crippen LogP contribution in [-0.2, 0) is 16.0 Å². The van der Waals surface area contributed by atoms with Crippen LogP contribution in [0, 0.1) is 0 Å². The quantitative estimate of drug-likeness (QED) is 0.578. The third-order valence-corrected chi connectivity index (χ3v) is 5.28. The molecule has 154 valence electrons. The van der Waals surface area contributed by atoms with Gasteiger partial charge in [-0.3, -0.25) is 9.59 Å². The monoisotopic (exact) mass is 415 g/mol. The molecule has 2 aromatic rings. The first-order chi connectivity index (χ1) is 14.1. The van der Waals surface area contributed by atoms with Crippen LogP contribution in [0.3, 0.4) is 0 Å². The Morgan fingerprint density at radius 1 is 1.21 bits per heavy atom. The van der Waals surface area contributed by atoms with Crippen molar-refractivity contribution in [2.75, 3.05) is 32.1 Å². The molecule has 0 heterocycles. The molecule has 6 nitrogen and oxygen atoms in total. The van der Waals surface area contributed by atoms with Gasteiger partial charge in [0, 0.05) is 19.3 Å². The maximum absolute atomic E-state index is 12.4. The first kappa shape index (κ1) is 21.1. The summed E-state index contributed by atoms with van der Waals surface area (Å²) < 4.78 is 4.91. The Hall–Kier alpha value is -2.57. The van der Waals surface area contributed by atoms with Crippen LogP contribution in [0.4, 0.5) is 5.69 Å². The lowest BCUT2D eigenvalue weighted by Crippen LogP contribution is -2.35. The second-order valence-electron chi connectivity index (χ2n) is 7.01. The number of benzene rings is 2.